The van der Waals surface area contributed by atoms with E-state index >= 15 is 0 Å². The number of aryl methyl sites for hydroxylation is 2. The van der Waals surface area contributed by atoms with Crippen LogP contribution in [0.5, 0.6) is 0 Å². The zero-order chi connectivity index (χ0) is 18.5. The molecule has 0 radical (unpaired) electrons. The second kappa shape index (κ2) is 8.19. The minimum atomic E-state index is -0.126. The number of H-pyrrole nitrogens is 1. The summed E-state index contributed by atoms with van der Waals surface area (Å²) >= 11 is 5.95. The molecule has 0 fully saturated rings. The molecule has 0 saturated carbocycles. The van der Waals surface area contributed by atoms with E-state index in [2.05, 4.69) is 10.3 Å². The van der Waals surface area contributed by atoms with Crippen molar-refractivity contribution in [1.82, 2.24) is 10.3 Å². The summed E-state index contributed by atoms with van der Waals surface area (Å²) in [6.45, 7) is 2.51. The monoisotopic (exact) mass is 368 g/mol. The van der Waals surface area contributed by atoms with E-state index in [-0.39, 0.29) is 17.9 Å². The molecule has 5 heteroatoms. The van der Waals surface area contributed by atoms with E-state index in [1.807, 2.05) is 55.5 Å². The number of para-hydroxylation sites is 1. The summed E-state index contributed by atoms with van der Waals surface area (Å²) < 4.78 is 0. The summed E-state index contributed by atoms with van der Waals surface area (Å²) in [5.74, 6) is -0.0595. The van der Waals surface area contributed by atoms with Gasteiger partial charge in [0.05, 0.1) is 5.52 Å². The maximum atomic E-state index is 12.2. The number of carbonyl (C=O) groups is 1. The Labute approximate surface area is 157 Å². The Balaban J connectivity index is 1.55. The molecule has 0 aliphatic rings. The molecule has 0 bridgehead atoms. The highest BCUT2D eigenvalue weighted by Gasteiger charge is 2.08. The van der Waals surface area contributed by atoms with Gasteiger partial charge in [0.15, 0.2) is 0 Å². The van der Waals surface area contributed by atoms with E-state index < -0.39 is 0 Å². The summed E-state index contributed by atoms with van der Waals surface area (Å²) in [6.07, 6.45) is 1.43. The highest BCUT2D eigenvalue weighted by Crippen LogP contribution is 2.15. The molecule has 0 unspecified atom stereocenters. The first-order chi connectivity index (χ1) is 12.5. The van der Waals surface area contributed by atoms with Crippen LogP contribution in [0.4, 0.5) is 0 Å². The first kappa shape index (κ1) is 18.2. The summed E-state index contributed by atoms with van der Waals surface area (Å²) in [7, 11) is 0. The molecule has 1 aromatic heterocycles. The zero-order valence-corrected chi connectivity index (χ0v) is 15.4. The summed E-state index contributed by atoms with van der Waals surface area (Å²) in [5.41, 5.74) is 3.47. The maximum Gasteiger partial charge on any atom is 0.251 e. The van der Waals surface area contributed by atoms with Crippen LogP contribution in [-0.4, -0.2) is 17.4 Å². The van der Waals surface area contributed by atoms with E-state index in [4.69, 9.17) is 11.6 Å². The van der Waals surface area contributed by atoms with Crippen molar-refractivity contribution in [2.24, 2.45) is 0 Å². The molecule has 0 spiro atoms. The van der Waals surface area contributed by atoms with Crippen LogP contribution < -0.4 is 10.9 Å². The van der Waals surface area contributed by atoms with Gasteiger partial charge in [-0.2, -0.15) is 0 Å². The normalized spacial score (nSPS) is 10.8. The Kier molecular flexibility index (Phi) is 5.74. The second-order valence-corrected chi connectivity index (χ2v) is 6.83. The lowest BCUT2D eigenvalue weighted by molar-refractivity contribution is -0.121. The fourth-order valence-electron chi connectivity index (χ4n) is 2.99. The van der Waals surface area contributed by atoms with Crippen molar-refractivity contribution < 1.29 is 4.79 Å². The van der Waals surface area contributed by atoms with Crippen molar-refractivity contribution in [3.63, 3.8) is 0 Å². The van der Waals surface area contributed by atoms with Gasteiger partial charge in [0.25, 0.3) is 5.56 Å². The lowest BCUT2D eigenvalue weighted by Gasteiger charge is -2.07. The summed E-state index contributed by atoms with van der Waals surface area (Å²) in [5, 5.41) is 4.57. The smallest absolute Gasteiger partial charge is 0.251 e. The van der Waals surface area contributed by atoms with Gasteiger partial charge in [0, 0.05) is 23.6 Å². The van der Waals surface area contributed by atoms with Gasteiger partial charge >= 0.3 is 0 Å². The Morgan fingerprint density at radius 3 is 2.73 bits per heavy atom. The number of amides is 1. The van der Waals surface area contributed by atoms with Crippen molar-refractivity contribution in [2.45, 2.75) is 26.2 Å². The van der Waals surface area contributed by atoms with Crippen molar-refractivity contribution in [1.29, 1.82) is 0 Å². The van der Waals surface area contributed by atoms with Gasteiger partial charge in [-0.1, -0.05) is 41.9 Å². The number of nitrogens with one attached hydrogen (secondary N) is 2. The number of pyridine rings is 1. The molecule has 2 aromatic carbocycles. The molecule has 26 heavy (non-hydrogen) atoms. The Morgan fingerprint density at radius 1 is 1.12 bits per heavy atom. The van der Waals surface area contributed by atoms with Crippen molar-refractivity contribution in [2.75, 3.05) is 6.54 Å². The van der Waals surface area contributed by atoms with E-state index in [0.717, 1.165) is 28.5 Å². The molecule has 1 heterocycles. The molecule has 0 saturated heterocycles. The van der Waals surface area contributed by atoms with E-state index in [1.54, 1.807) is 0 Å². The van der Waals surface area contributed by atoms with E-state index in [0.29, 0.717) is 23.6 Å². The van der Waals surface area contributed by atoms with Crippen LogP contribution in [0.2, 0.25) is 5.02 Å². The van der Waals surface area contributed by atoms with Crippen molar-refractivity contribution >= 4 is 28.4 Å². The number of halogens is 1. The maximum absolute atomic E-state index is 12.2. The zero-order valence-electron chi connectivity index (χ0n) is 14.6. The molecule has 134 valence electrons. The van der Waals surface area contributed by atoms with Gasteiger partial charge in [0.1, 0.15) is 0 Å². The summed E-state index contributed by atoms with van der Waals surface area (Å²) in [4.78, 5) is 27.2. The minimum absolute atomic E-state index is 0.0595. The third-order valence-corrected chi connectivity index (χ3v) is 4.65. The van der Waals surface area contributed by atoms with Crippen LogP contribution in [0.3, 0.4) is 0 Å². The first-order valence-electron chi connectivity index (χ1n) is 8.65. The molecule has 1 amide bonds. The number of benzene rings is 2. The van der Waals surface area contributed by atoms with Crippen LogP contribution in [-0.2, 0) is 17.6 Å². The van der Waals surface area contributed by atoms with Gasteiger partial charge < -0.3 is 10.3 Å². The average Bonchev–Trinajstić information content (AvgIpc) is 2.61. The van der Waals surface area contributed by atoms with Crippen LogP contribution >= 0.6 is 11.6 Å². The molecule has 0 atom stereocenters. The number of rotatable bonds is 6. The van der Waals surface area contributed by atoms with Gasteiger partial charge in [-0.25, -0.2) is 0 Å². The Bertz CT molecular complexity index is 995. The van der Waals surface area contributed by atoms with E-state index in [9.17, 15) is 9.59 Å². The van der Waals surface area contributed by atoms with Crippen LogP contribution in [0.25, 0.3) is 10.9 Å². The Hall–Kier alpha value is -2.59. The predicted octanol–water partition coefficient (Wildman–Crippen LogP) is 3.78. The fourth-order valence-corrected chi connectivity index (χ4v) is 3.20. The summed E-state index contributed by atoms with van der Waals surface area (Å²) in [6, 6.07) is 15.4. The predicted molar refractivity (Wildman–Crippen MR) is 106 cm³/mol. The van der Waals surface area contributed by atoms with Crippen molar-refractivity contribution in [3.05, 3.63) is 80.6 Å². The van der Waals surface area contributed by atoms with Crippen LogP contribution in [0, 0.1) is 6.92 Å². The van der Waals surface area contributed by atoms with Gasteiger partial charge in [-0.05, 0) is 54.5 Å². The highest BCUT2D eigenvalue weighted by molar-refractivity contribution is 6.30. The number of hydrogen-bond donors (Lipinski definition) is 2. The Morgan fingerprint density at radius 2 is 1.92 bits per heavy atom. The number of aromatic amines is 1. The number of aromatic nitrogens is 1. The van der Waals surface area contributed by atoms with E-state index in [1.165, 1.54) is 0 Å². The molecule has 2 N–H and O–H groups in total. The topological polar surface area (TPSA) is 62.0 Å². The molecule has 0 aliphatic carbocycles. The van der Waals surface area contributed by atoms with Crippen molar-refractivity contribution in [3.8, 4) is 0 Å². The first-order valence-corrected chi connectivity index (χ1v) is 9.03. The average molecular weight is 369 g/mol. The SMILES string of the molecule is Cc1cccc2cc(CCC(=O)NCCc3cccc(Cl)c3)c(=O)[nH]c12. The third-order valence-electron chi connectivity index (χ3n) is 4.41. The quantitative estimate of drug-likeness (QED) is 0.695. The highest BCUT2D eigenvalue weighted by atomic mass is 35.5. The molecular formula is C21H21ClN2O2. The van der Waals surface area contributed by atoms with Gasteiger partial charge in [-0.3, -0.25) is 9.59 Å². The molecular weight excluding hydrogens is 348 g/mol. The number of carbonyl (C=O) groups excluding carboxylic acids is 1. The van der Waals surface area contributed by atoms with Gasteiger partial charge in [-0.15, -0.1) is 0 Å². The molecule has 3 aromatic rings. The lowest BCUT2D eigenvalue weighted by atomic mass is 10.1. The second-order valence-electron chi connectivity index (χ2n) is 6.39. The minimum Gasteiger partial charge on any atom is -0.356 e. The standard InChI is InChI=1S/C21H21ClN2O2/c1-14-4-2-6-16-13-17(21(26)24-20(14)16)8-9-19(25)23-11-10-15-5-3-7-18(22)12-15/h2-7,12-13H,8-11H2,1H3,(H,23,25)(H,24,26). The van der Waals surface area contributed by atoms with Crippen LogP contribution in [0.15, 0.2) is 53.3 Å². The number of fused-ring (bicyclic) bond motifs is 1. The lowest BCUT2D eigenvalue weighted by Crippen LogP contribution is -2.26. The third kappa shape index (κ3) is 4.52. The van der Waals surface area contributed by atoms with Gasteiger partial charge in [0.2, 0.25) is 5.91 Å². The molecule has 3 rings (SSSR count). The molecule has 4 nitrogen and oxygen atoms in total. The largest absolute Gasteiger partial charge is 0.356 e. The fraction of sp³-hybridized carbons (Fsp3) is 0.238. The molecule has 0 aliphatic heterocycles. The number of hydrogen-bond acceptors (Lipinski definition) is 2. The van der Waals surface area contributed by atoms with Crippen LogP contribution in [0.1, 0.15) is 23.1 Å².